The summed E-state index contributed by atoms with van der Waals surface area (Å²) in [7, 11) is -2.53. The number of aryl methyl sites for hydroxylation is 1. The summed E-state index contributed by atoms with van der Waals surface area (Å²) >= 11 is 0. The number of hydrogen-bond donors (Lipinski definition) is 1. The number of anilines is 1. The molecule has 9 heteroatoms. The lowest BCUT2D eigenvalue weighted by Crippen LogP contribution is -2.52. The summed E-state index contributed by atoms with van der Waals surface area (Å²) in [4.78, 5) is 28.3. The molecule has 1 N–H and O–H groups in total. The summed E-state index contributed by atoms with van der Waals surface area (Å²) in [5.74, 6) is -0.230. The predicted octanol–water partition coefficient (Wildman–Crippen LogP) is 4.14. The molecule has 3 aromatic rings. The van der Waals surface area contributed by atoms with Gasteiger partial charge in [0.1, 0.15) is 18.3 Å². The molecule has 0 saturated carbocycles. The molecular weight excluding hydrogens is 502 g/mol. The monoisotopic (exact) mass is 537 g/mol. The van der Waals surface area contributed by atoms with Crippen LogP contribution in [0.2, 0.25) is 0 Å². The second kappa shape index (κ2) is 12.6. The summed E-state index contributed by atoms with van der Waals surface area (Å²) < 4.78 is 33.9. The molecule has 0 fully saturated rings. The van der Waals surface area contributed by atoms with Gasteiger partial charge in [0.25, 0.3) is 10.0 Å². The number of hydrogen-bond acceptors (Lipinski definition) is 5. The number of methoxy groups -OCH3 is 1. The fourth-order valence-electron chi connectivity index (χ4n) is 3.99. The van der Waals surface area contributed by atoms with E-state index in [0.717, 1.165) is 15.4 Å². The lowest BCUT2D eigenvalue weighted by Gasteiger charge is -2.32. The third-order valence-electron chi connectivity index (χ3n) is 5.99. The first kappa shape index (κ1) is 28.7. The van der Waals surface area contributed by atoms with Gasteiger partial charge in [-0.05, 0) is 75.2 Å². The number of rotatable bonds is 11. The molecule has 3 aromatic carbocycles. The maximum atomic E-state index is 13.9. The maximum absolute atomic E-state index is 13.9. The lowest BCUT2D eigenvalue weighted by atomic mass is 10.1. The standard InChI is InChI=1S/C29H35N3O5S/c1-21(2)30-29(34)23(4)31(19-24-12-10-14-26(18-24)37-5)28(33)20-32(25-13-9-11-22(3)17-25)38(35,36)27-15-7-6-8-16-27/h6-18,21,23H,19-20H2,1-5H3,(H,30,34)/t23-/m0/s1. The summed E-state index contributed by atoms with van der Waals surface area (Å²) in [6.45, 7) is 6.78. The molecule has 38 heavy (non-hydrogen) atoms. The van der Waals surface area contributed by atoms with Crippen molar-refractivity contribution in [3.8, 4) is 5.75 Å². The van der Waals surface area contributed by atoms with Crippen LogP contribution in [-0.2, 0) is 26.2 Å². The van der Waals surface area contributed by atoms with Crippen molar-refractivity contribution in [2.75, 3.05) is 18.0 Å². The van der Waals surface area contributed by atoms with Gasteiger partial charge in [0.15, 0.2) is 0 Å². The molecule has 0 unspecified atom stereocenters. The van der Waals surface area contributed by atoms with Gasteiger partial charge >= 0.3 is 0 Å². The van der Waals surface area contributed by atoms with Crippen LogP contribution in [0.4, 0.5) is 5.69 Å². The highest BCUT2D eigenvalue weighted by Gasteiger charge is 2.32. The first-order chi connectivity index (χ1) is 18.0. The lowest BCUT2D eigenvalue weighted by molar-refractivity contribution is -0.139. The maximum Gasteiger partial charge on any atom is 0.264 e. The Hall–Kier alpha value is -3.85. The molecule has 0 aliphatic rings. The number of ether oxygens (including phenoxy) is 1. The van der Waals surface area contributed by atoms with Crippen molar-refractivity contribution in [1.82, 2.24) is 10.2 Å². The molecular formula is C29H35N3O5S. The fourth-order valence-corrected chi connectivity index (χ4v) is 5.41. The van der Waals surface area contributed by atoms with Crippen LogP contribution in [0.5, 0.6) is 5.75 Å². The van der Waals surface area contributed by atoms with E-state index in [0.29, 0.717) is 11.4 Å². The highest BCUT2D eigenvalue weighted by atomic mass is 32.2. The first-order valence-corrected chi connectivity index (χ1v) is 13.8. The van der Waals surface area contributed by atoms with Crippen molar-refractivity contribution in [1.29, 1.82) is 0 Å². The Balaban J connectivity index is 2.03. The molecule has 3 rings (SSSR count). The zero-order valence-electron chi connectivity index (χ0n) is 22.4. The van der Waals surface area contributed by atoms with Crippen molar-refractivity contribution in [3.63, 3.8) is 0 Å². The van der Waals surface area contributed by atoms with Crippen LogP contribution >= 0.6 is 0 Å². The normalized spacial score (nSPS) is 12.1. The third kappa shape index (κ3) is 7.13. The fraction of sp³-hybridized carbons (Fsp3) is 0.310. The van der Waals surface area contributed by atoms with Crippen LogP contribution in [0.1, 0.15) is 31.9 Å². The average molecular weight is 538 g/mol. The van der Waals surface area contributed by atoms with E-state index in [1.807, 2.05) is 32.9 Å². The number of carbonyl (C=O) groups is 2. The smallest absolute Gasteiger partial charge is 0.264 e. The molecule has 0 spiro atoms. The first-order valence-electron chi connectivity index (χ1n) is 12.4. The third-order valence-corrected chi connectivity index (χ3v) is 7.77. The minimum absolute atomic E-state index is 0.0688. The number of carbonyl (C=O) groups excluding carboxylic acids is 2. The van der Waals surface area contributed by atoms with Crippen molar-refractivity contribution in [3.05, 3.63) is 90.0 Å². The number of nitrogens with one attached hydrogen (secondary N) is 1. The zero-order chi connectivity index (χ0) is 27.9. The summed E-state index contributed by atoms with van der Waals surface area (Å²) in [5, 5.41) is 2.85. The van der Waals surface area contributed by atoms with Crippen LogP contribution in [-0.4, -0.2) is 50.9 Å². The predicted molar refractivity (Wildman–Crippen MR) is 148 cm³/mol. The summed E-state index contributed by atoms with van der Waals surface area (Å²) in [6.07, 6.45) is 0. The minimum Gasteiger partial charge on any atom is -0.497 e. The van der Waals surface area contributed by atoms with E-state index < -0.39 is 28.5 Å². The minimum atomic E-state index is -4.08. The van der Waals surface area contributed by atoms with Gasteiger partial charge in [0, 0.05) is 12.6 Å². The van der Waals surface area contributed by atoms with Gasteiger partial charge < -0.3 is 15.0 Å². The van der Waals surface area contributed by atoms with Gasteiger partial charge in [-0.25, -0.2) is 8.42 Å². The Morgan fingerprint density at radius 3 is 2.24 bits per heavy atom. The Bertz CT molecular complexity index is 1360. The van der Waals surface area contributed by atoms with Crippen LogP contribution in [0.15, 0.2) is 83.8 Å². The number of nitrogens with zero attached hydrogens (tertiary/aromatic N) is 2. The largest absolute Gasteiger partial charge is 0.497 e. The van der Waals surface area contributed by atoms with Crippen molar-refractivity contribution in [2.24, 2.45) is 0 Å². The quantitative estimate of drug-likeness (QED) is 0.397. The van der Waals surface area contributed by atoms with Gasteiger partial charge in [-0.1, -0.05) is 42.5 Å². The van der Waals surface area contributed by atoms with E-state index in [1.54, 1.807) is 68.6 Å². The van der Waals surface area contributed by atoms with Gasteiger partial charge in [-0.3, -0.25) is 13.9 Å². The Labute approximate surface area is 225 Å². The number of benzene rings is 3. The molecule has 8 nitrogen and oxygen atoms in total. The molecule has 0 saturated heterocycles. The van der Waals surface area contributed by atoms with E-state index >= 15 is 0 Å². The molecule has 0 radical (unpaired) electrons. The molecule has 0 aliphatic carbocycles. The van der Waals surface area contributed by atoms with Gasteiger partial charge in [0.05, 0.1) is 17.7 Å². The van der Waals surface area contributed by atoms with Crippen molar-refractivity contribution in [2.45, 2.75) is 51.2 Å². The summed E-state index contributed by atoms with van der Waals surface area (Å²) in [5.41, 5.74) is 1.96. The van der Waals surface area contributed by atoms with Gasteiger partial charge in [0.2, 0.25) is 11.8 Å². The van der Waals surface area contributed by atoms with Crippen LogP contribution in [0.3, 0.4) is 0 Å². The SMILES string of the molecule is COc1cccc(CN(C(=O)CN(c2cccc(C)c2)S(=O)(=O)c2ccccc2)[C@@H](C)C(=O)NC(C)C)c1. The molecule has 0 heterocycles. The van der Waals surface area contributed by atoms with Crippen molar-refractivity contribution < 1.29 is 22.7 Å². The van der Waals surface area contributed by atoms with Crippen LogP contribution < -0.4 is 14.4 Å². The van der Waals surface area contributed by atoms with Crippen LogP contribution in [0, 0.1) is 6.92 Å². The molecule has 202 valence electrons. The second-order valence-corrected chi connectivity index (χ2v) is 11.2. The summed E-state index contributed by atoms with van der Waals surface area (Å²) in [6, 6.07) is 21.2. The average Bonchev–Trinajstić information content (AvgIpc) is 2.90. The van der Waals surface area contributed by atoms with E-state index in [1.165, 1.54) is 17.0 Å². The molecule has 0 aliphatic heterocycles. The highest BCUT2D eigenvalue weighted by Crippen LogP contribution is 2.25. The van der Waals surface area contributed by atoms with Gasteiger partial charge in [-0.2, -0.15) is 0 Å². The van der Waals surface area contributed by atoms with Crippen LogP contribution in [0.25, 0.3) is 0 Å². The van der Waals surface area contributed by atoms with E-state index in [9.17, 15) is 18.0 Å². The Kier molecular flexibility index (Phi) is 9.52. The van der Waals surface area contributed by atoms with E-state index in [-0.39, 0.29) is 23.4 Å². The Morgan fingerprint density at radius 1 is 0.921 bits per heavy atom. The van der Waals surface area contributed by atoms with Crippen molar-refractivity contribution >= 4 is 27.5 Å². The van der Waals surface area contributed by atoms with E-state index in [4.69, 9.17) is 4.74 Å². The topological polar surface area (TPSA) is 96.0 Å². The second-order valence-electron chi connectivity index (χ2n) is 9.38. The molecule has 2 amide bonds. The molecule has 0 aromatic heterocycles. The Morgan fingerprint density at radius 2 is 1.61 bits per heavy atom. The van der Waals surface area contributed by atoms with E-state index in [2.05, 4.69) is 5.32 Å². The number of sulfonamides is 1. The number of amides is 2. The van der Waals surface area contributed by atoms with Gasteiger partial charge in [-0.15, -0.1) is 0 Å². The highest BCUT2D eigenvalue weighted by molar-refractivity contribution is 7.92. The molecule has 0 bridgehead atoms. The zero-order valence-corrected chi connectivity index (χ0v) is 23.2. The molecule has 1 atom stereocenters.